The highest BCUT2D eigenvalue weighted by Gasteiger charge is 2.20. The van der Waals surface area contributed by atoms with Crippen molar-refractivity contribution < 1.29 is 18.7 Å². The van der Waals surface area contributed by atoms with Crippen LogP contribution in [0.15, 0.2) is 41.3 Å². The third-order valence-corrected chi connectivity index (χ3v) is 3.45. The summed E-state index contributed by atoms with van der Waals surface area (Å²) in [4.78, 5) is 0.877. The molecule has 0 atom stereocenters. The van der Waals surface area contributed by atoms with Gasteiger partial charge in [-0.25, -0.2) is 8.42 Å². The fraction of sp³-hybridized carbons (Fsp3) is 0. The van der Waals surface area contributed by atoms with E-state index in [0.717, 1.165) is 0 Å². The molecule has 0 aromatic heterocycles. The number of hydrogen-bond acceptors (Lipinski definition) is 4. The summed E-state index contributed by atoms with van der Waals surface area (Å²) in [6.45, 7) is 0. The highest BCUT2D eigenvalue weighted by Crippen LogP contribution is 2.30. The quantitative estimate of drug-likeness (QED) is 0.687. The molecule has 0 saturated carbocycles. The Kier molecular flexibility index (Phi) is 2.55. The molecular weight excluding hydrogens is 230 g/mol. The highest BCUT2D eigenvalue weighted by molar-refractivity contribution is 7.89. The van der Waals surface area contributed by atoms with E-state index in [0.29, 0.717) is 10.8 Å². The molecule has 0 spiro atoms. The third kappa shape index (κ3) is 1.63. The van der Waals surface area contributed by atoms with Gasteiger partial charge in [0.2, 0.25) is 0 Å². The van der Waals surface area contributed by atoms with Crippen LogP contribution in [0.2, 0.25) is 0 Å². The van der Waals surface area contributed by atoms with Gasteiger partial charge in [-0.05, 0) is 11.5 Å². The lowest BCUT2D eigenvalue weighted by Gasteiger charge is -2.08. The molecule has 0 bridgehead atoms. The first-order chi connectivity index (χ1) is 7.56. The van der Waals surface area contributed by atoms with Gasteiger partial charge in [0.25, 0.3) is 10.0 Å². The summed E-state index contributed by atoms with van der Waals surface area (Å²) >= 11 is 0. The number of rotatable bonds is 2. The molecule has 5 nitrogen and oxygen atoms in total. The van der Waals surface area contributed by atoms with Crippen molar-refractivity contribution in [2.24, 2.45) is 0 Å². The zero-order valence-corrected chi connectivity index (χ0v) is 8.90. The van der Waals surface area contributed by atoms with Gasteiger partial charge in [0, 0.05) is 5.39 Å². The molecule has 0 radical (unpaired) electrons. The Morgan fingerprint density at radius 3 is 2.44 bits per heavy atom. The zero-order chi connectivity index (χ0) is 11.8. The van der Waals surface area contributed by atoms with E-state index in [1.807, 2.05) is 0 Å². The van der Waals surface area contributed by atoms with E-state index in [4.69, 9.17) is 5.21 Å². The Labute approximate surface area is 92.0 Å². The fourth-order valence-electron chi connectivity index (χ4n) is 1.56. The first-order valence-electron chi connectivity index (χ1n) is 4.43. The standard InChI is InChI=1S/C10H9NO4S/c12-9-6-5-7-3-1-2-4-8(7)10(9)16(14,15)11-13/h1-6,11-13H. The maximum Gasteiger partial charge on any atom is 0.266 e. The predicted molar refractivity (Wildman–Crippen MR) is 57.7 cm³/mol. The lowest BCUT2D eigenvalue weighted by atomic mass is 10.1. The van der Waals surface area contributed by atoms with E-state index in [1.54, 1.807) is 30.3 Å². The molecule has 16 heavy (non-hydrogen) atoms. The Morgan fingerprint density at radius 2 is 1.75 bits per heavy atom. The molecule has 0 amide bonds. The van der Waals surface area contributed by atoms with Gasteiger partial charge in [0.15, 0.2) is 0 Å². The van der Waals surface area contributed by atoms with Crippen molar-refractivity contribution in [2.45, 2.75) is 4.90 Å². The van der Waals surface area contributed by atoms with Gasteiger partial charge in [-0.15, -0.1) is 0 Å². The van der Waals surface area contributed by atoms with Gasteiger partial charge in [-0.1, -0.05) is 35.2 Å². The molecule has 0 heterocycles. The maximum absolute atomic E-state index is 11.5. The van der Waals surface area contributed by atoms with Gasteiger partial charge in [0.1, 0.15) is 10.6 Å². The van der Waals surface area contributed by atoms with Gasteiger partial charge < -0.3 is 10.3 Å². The molecule has 6 heteroatoms. The smallest absolute Gasteiger partial charge is 0.266 e. The number of aromatic hydroxyl groups is 1. The summed E-state index contributed by atoms with van der Waals surface area (Å²) in [5.74, 6) is -0.403. The Bertz CT molecular complexity index is 636. The van der Waals surface area contributed by atoms with E-state index in [9.17, 15) is 13.5 Å². The first-order valence-corrected chi connectivity index (χ1v) is 5.91. The molecule has 3 N–H and O–H groups in total. The molecule has 0 aliphatic carbocycles. The van der Waals surface area contributed by atoms with Crippen LogP contribution < -0.4 is 4.89 Å². The highest BCUT2D eigenvalue weighted by atomic mass is 32.2. The topological polar surface area (TPSA) is 86.6 Å². The average molecular weight is 239 g/mol. The number of benzene rings is 2. The predicted octanol–water partition coefficient (Wildman–Crippen LogP) is 1.21. The van der Waals surface area contributed by atoms with Crippen LogP contribution in [0.3, 0.4) is 0 Å². The van der Waals surface area contributed by atoms with Crippen LogP contribution >= 0.6 is 0 Å². The molecule has 0 aliphatic rings. The molecule has 2 aromatic carbocycles. The van der Waals surface area contributed by atoms with E-state index in [1.165, 1.54) is 11.0 Å². The van der Waals surface area contributed by atoms with Crippen molar-refractivity contribution in [1.82, 2.24) is 4.89 Å². The second-order valence-corrected chi connectivity index (χ2v) is 4.83. The monoisotopic (exact) mass is 239 g/mol. The van der Waals surface area contributed by atoms with Crippen LogP contribution in [0.25, 0.3) is 10.8 Å². The number of fused-ring (bicyclic) bond motifs is 1. The lowest BCUT2D eigenvalue weighted by molar-refractivity contribution is 0.242. The number of hydrogen-bond donors (Lipinski definition) is 3. The van der Waals surface area contributed by atoms with Crippen LogP contribution in [-0.4, -0.2) is 18.7 Å². The number of sulfonamides is 1. The van der Waals surface area contributed by atoms with Crippen molar-refractivity contribution in [3.8, 4) is 5.75 Å². The summed E-state index contributed by atoms with van der Waals surface area (Å²) in [6, 6.07) is 9.54. The second-order valence-electron chi connectivity index (χ2n) is 3.23. The van der Waals surface area contributed by atoms with Crippen LogP contribution in [0, 0.1) is 0 Å². The van der Waals surface area contributed by atoms with Crippen LogP contribution in [0.1, 0.15) is 0 Å². The SMILES string of the molecule is O=S(=O)(NO)c1c(O)ccc2ccccc12. The van der Waals surface area contributed by atoms with E-state index in [2.05, 4.69) is 0 Å². The third-order valence-electron chi connectivity index (χ3n) is 2.25. The van der Waals surface area contributed by atoms with Crippen molar-refractivity contribution in [3.05, 3.63) is 36.4 Å². The number of phenolic OH excluding ortho intramolecular Hbond substituents is 1. The first kappa shape index (κ1) is 10.9. The van der Waals surface area contributed by atoms with Crippen LogP contribution in [0.5, 0.6) is 5.75 Å². The molecular formula is C10H9NO4S. The minimum absolute atomic E-state index is 0.326. The summed E-state index contributed by atoms with van der Waals surface area (Å²) in [7, 11) is -4.10. The Morgan fingerprint density at radius 1 is 1.06 bits per heavy atom. The van der Waals surface area contributed by atoms with Crippen molar-refractivity contribution in [2.75, 3.05) is 0 Å². The molecule has 0 fully saturated rings. The lowest BCUT2D eigenvalue weighted by Crippen LogP contribution is -2.19. The summed E-state index contributed by atoms with van der Waals surface area (Å²) in [5.41, 5.74) is 0. The van der Waals surface area contributed by atoms with Crippen LogP contribution in [-0.2, 0) is 10.0 Å². The van der Waals surface area contributed by atoms with E-state index in [-0.39, 0.29) is 4.90 Å². The summed E-state index contributed by atoms with van der Waals surface area (Å²) in [6.07, 6.45) is 0. The minimum atomic E-state index is -4.10. The summed E-state index contributed by atoms with van der Waals surface area (Å²) < 4.78 is 23.0. The minimum Gasteiger partial charge on any atom is -0.507 e. The average Bonchev–Trinajstić information content (AvgIpc) is 2.28. The maximum atomic E-state index is 11.5. The largest absolute Gasteiger partial charge is 0.507 e. The molecule has 0 unspecified atom stereocenters. The van der Waals surface area contributed by atoms with Crippen molar-refractivity contribution in [3.63, 3.8) is 0 Å². The van der Waals surface area contributed by atoms with Crippen molar-refractivity contribution >= 4 is 20.8 Å². The molecule has 0 aliphatic heterocycles. The van der Waals surface area contributed by atoms with E-state index < -0.39 is 15.8 Å². The van der Waals surface area contributed by atoms with Gasteiger partial charge >= 0.3 is 0 Å². The Hall–Kier alpha value is -1.63. The molecule has 84 valence electrons. The Balaban J connectivity index is 2.92. The zero-order valence-electron chi connectivity index (χ0n) is 8.08. The molecule has 2 rings (SSSR count). The number of nitrogens with one attached hydrogen (secondary N) is 1. The second kappa shape index (κ2) is 3.75. The molecule has 0 saturated heterocycles. The number of phenols is 1. The molecule has 2 aromatic rings. The van der Waals surface area contributed by atoms with Gasteiger partial charge in [-0.2, -0.15) is 0 Å². The summed E-state index contributed by atoms with van der Waals surface area (Å²) in [5, 5.41) is 19.1. The van der Waals surface area contributed by atoms with Gasteiger partial charge in [0.05, 0.1) is 0 Å². The fourth-order valence-corrected chi connectivity index (χ4v) is 2.47. The normalized spacial score (nSPS) is 11.8. The van der Waals surface area contributed by atoms with Crippen molar-refractivity contribution in [1.29, 1.82) is 0 Å². The van der Waals surface area contributed by atoms with Gasteiger partial charge in [-0.3, -0.25) is 0 Å². The van der Waals surface area contributed by atoms with E-state index >= 15 is 0 Å². The van der Waals surface area contributed by atoms with Crippen LogP contribution in [0.4, 0.5) is 0 Å².